The van der Waals surface area contributed by atoms with Gasteiger partial charge in [-0.2, -0.15) is 0 Å². The Bertz CT molecular complexity index is 1700. The zero-order valence-electron chi connectivity index (χ0n) is 29.8. The number of allylic oxidation sites excluding steroid dienone is 7. The Morgan fingerprint density at radius 3 is 2.50 bits per heavy atom. The van der Waals surface area contributed by atoms with Gasteiger partial charge >= 0.3 is 5.97 Å². The number of ether oxygens (including phenoxy) is 2. The van der Waals surface area contributed by atoms with Crippen molar-refractivity contribution in [3.05, 3.63) is 58.2 Å². The van der Waals surface area contributed by atoms with E-state index in [2.05, 4.69) is 62.4 Å². The standard InChI is InChI=1S/C39H52N4O5/c1-24-27-10-11-30-37(4,15-17-39(6)31-19-36(3,34(46)47-7)13-12-35(31,2)14-16-38(30,39)5)28(27)18-29(44)33(24)48-23-32(45)40-20-26-22-43(42-41-26)21-25-8-9-25/h10-11,18,22,25,31H,8-9,12-17,19-21,23H2,1-7H3,(H,40,45)/t31-,35-,36-,37+,38-,39+/m1/s1. The molecule has 0 saturated heterocycles. The van der Waals surface area contributed by atoms with Crippen LogP contribution in [0.4, 0.5) is 0 Å². The lowest BCUT2D eigenvalue weighted by atomic mass is 9.34. The van der Waals surface area contributed by atoms with Gasteiger partial charge in [-0.3, -0.25) is 19.1 Å². The van der Waals surface area contributed by atoms with E-state index in [1.54, 1.807) is 6.08 Å². The number of nitrogens with zero attached hydrogens (tertiary/aromatic N) is 3. The highest BCUT2D eigenvalue weighted by molar-refractivity contribution is 6.07. The van der Waals surface area contributed by atoms with Crippen LogP contribution in [-0.2, 0) is 36.9 Å². The molecule has 0 unspecified atom stereocenters. The molecule has 6 aliphatic carbocycles. The molecule has 1 N–H and O–H groups in total. The van der Waals surface area contributed by atoms with Crippen molar-refractivity contribution in [1.82, 2.24) is 20.3 Å². The molecular weight excluding hydrogens is 604 g/mol. The van der Waals surface area contributed by atoms with E-state index >= 15 is 0 Å². The third-order valence-corrected chi connectivity index (χ3v) is 14.1. The van der Waals surface area contributed by atoms with Crippen LogP contribution in [0.1, 0.15) is 105 Å². The van der Waals surface area contributed by atoms with Gasteiger partial charge in [0.25, 0.3) is 5.91 Å². The fourth-order valence-electron chi connectivity index (χ4n) is 10.5. The molecule has 1 aromatic heterocycles. The van der Waals surface area contributed by atoms with Gasteiger partial charge in [0.15, 0.2) is 12.4 Å². The number of amides is 1. The van der Waals surface area contributed by atoms with E-state index in [4.69, 9.17) is 9.47 Å². The largest absolute Gasteiger partial charge is 0.479 e. The van der Waals surface area contributed by atoms with Gasteiger partial charge in [-0.15, -0.1) is 5.10 Å². The van der Waals surface area contributed by atoms with Gasteiger partial charge in [-0.25, -0.2) is 0 Å². The molecule has 9 nitrogen and oxygen atoms in total. The van der Waals surface area contributed by atoms with Crippen molar-refractivity contribution in [2.45, 2.75) is 112 Å². The third-order valence-electron chi connectivity index (χ3n) is 14.1. The number of nitrogens with one attached hydrogen (secondary N) is 1. The van der Waals surface area contributed by atoms with Crippen molar-refractivity contribution in [3.8, 4) is 0 Å². The summed E-state index contributed by atoms with van der Waals surface area (Å²) in [5, 5.41) is 11.1. The van der Waals surface area contributed by atoms with E-state index in [0.29, 0.717) is 17.5 Å². The molecule has 258 valence electrons. The van der Waals surface area contributed by atoms with Crippen LogP contribution in [0.15, 0.2) is 52.5 Å². The highest BCUT2D eigenvalue weighted by Gasteiger charge is 2.67. The highest BCUT2D eigenvalue weighted by atomic mass is 16.5. The number of rotatable bonds is 8. The van der Waals surface area contributed by atoms with Gasteiger partial charge in [0, 0.05) is 17.5 Å². The molecule has 0 bridgehead atoms. The molecule has 0 aliphatic heterocycles. The Hall–Kier alpha value is -3.49. The molecule has 4 saturated carbocycles. The van der Waals surface area contributed by atoms with Crippen molar-refractivity contribution >= 4 is 17.7 Å². The van der Waals surface area contributed by atoms with E-state index in [1.807, 2.05) is 17.8 Å². The Morgan fingerprint density at radius 1 is 1.02 bits per heavy atom. The second kappa shape index (κ2) is 11.3. The normalized spacial score (nSPS) is 37.2. The summed E-state index contributed by atoms with van der Waals surface area (Å²) in [7, 11) is 1.52. The molecule has 1 amide bonds. The Labute approximate surface area is 284 Å². The molecular formula is C39H52N4O5. The molecule has 6 aliphatic rings. The fourth-order valence-corrected chi connectivity index (χ4v) is 10.5. The predicted molar refractivity (Wildman–Crippen MR) is 181 cm³/mol. The van der Waals surface area contributed by atoms with E-state index in [0.717, 1.165) is 68.2 Å². The smallest absolute Gasteiger partial charge is 0.311 e. The van der Waals surface area contributed by atoms with Gasteiger partial charge < -0.3 is 14.8 Å². The number of hydrogen-bond donors (Lipinski definition) is 1. The van der Waals surface area contributed by atoms with Crippen molar-refractivity contribution in [2.24, 2.45) is 38.9 Å². The zero-order chi connectivity index (χ0) is 34.3. The summed E-state index contributed by atoms with van der Waals surface area (Å²) in [5.41, 5.74) is 4.33. The number of hydrogen-bond acceptors (Lipinski definition) is 7. The van der Waals surface area contributed by atoms with Crippen LogP contribution in [0.25, 0.3) is 0 Å². The molecule has 1 aromatic rings. The molecule has 6 atom stereocenters. The van der Waals surface area contributed by atoms with Crippen molar-refractivity contribution in [2.75, 3.05) is 13.7 Å². The van der Waals surface area contributed by atoms with Crippen LogP contribution in [0, 0.1) is 38.9 Å². The first kappa shape index (κ1) is 33.0. The predicted octanol–water partition coefficient (Wildman–Crippen LogP) is 6.56. The van der Waals surface area contributed by atoms with Crippen molar-refractivity contribution < 1.29 is 23.9 Å². The molecule has 1 heterocycles. The first-order valence-electron chi connectivity index (χ1n) is 17.9. The first-order chi connectivity index (χ1) is 22.7. The summed E-state index contributed by atoms with van der Waals surface area (Å²) in [6.45, 7) is 14.6. The van der Waals surface area contributed by atoms with E-state index in [9.17, 15) is 14.4 Å². The molecule has 4 fully saturated rings. The van der Waals surface area contributed by atoms with Gasteiger partial charge in [0.1, 0.15) is 5.69 Å². The van der Waals surface area contributed by atoms with E-state index in [1.165, 1.54) is 25.5 Å². The lowest BCUT2D eigenvalue weighted by Crippen LogP contribution is -2.62. The van der Waals surface area contributed by atoms with E-state index < -0.39 is 5.41 Å². The number of ketones is 1. The average molecular weight is 657 g/mol. The average Bonchev–Trinajstić information content (AvgIpc) is 3.76. The Kier molecular flexibility index (Phi) is 7.76. The molecule has 0 spiro atoms. The lowest BCUT2D eigenvalue weighted by Gasteiger charge is -2.70. The number of carbonyl (C=O) groups excluding carboxylic acids is 3. The second-order valence-electron chi connectivity index (χ2n) is 17.0. The minimum atomic E-state index is -0.460. The minimum Gasteiger partial charge on any atom is -0.479 e. The summed E-state index contributed by atoms with van der Waals surface area (Å²) in [6, 6.07) is 0. The Morgan fingerprint density at radius 2 is 1.77 bits per heavy atom. The summed E-state index contributed by atoms with van der Waals surface area (Å²) in [6.07, 6.45) is 17.6. The maximum Gasteiger partial charge on any atom is 0.311 e. The first-order valence-corrected chi connectivity index (χ1v) is 17.9. The molecule has 9 heteroatoms. The quantitative estimate of drug-likeness (QED) is 0.315. The number of esters is 1. The minimum absolute atomic E-state index is 0.00353. The summed E-state index contributed by atoms with van der Waals surface area (Å²) in [4.78, 5) is 39.4. The van der Waals surface area contributed by atoms with Crippen LogP contribution in [0.3, 0.4) is 0 Å². The lowest BCUT2D eigenvalue weighted by molar-refractivity contribution is -0.180. The van der Waals surface area contributed by atoms with Crippen LogP contribution >= 0.6 is 0 Å². The highest BCUT2D eigenvalue weighted by Crippen LogP contribution is 2.75. The molecule has 48 heavy (non-hydrogen) atoms. The molecule has 0 aromatic carbocycles. The van der Waals surface area contributed by atoms with Crippen LogP contribution in [0.2, 0.25) is 0 Å². The van der Waals surface area contributed by atoms with Gasteiger partial charge in [0.05, 0.1) is 25.3 Å². The van der Waals surface area contributed by atoms with Gasteiger partial charge in [0.2, 0.25) is 5.78 Å². The number of methoxy groups -OCH3 is 1. The number of aromatic nitrogens is 3. The van der Waals surface area contributed by atoms with Gasteiger partial charge in [-0.1, -0.05) is 50.6 Å². The van der Waals surface area contributed by atoms with Crippen molar-refractivity contribution in [1.29, 1.82) is 0 Å². The summed E-state index contributed by atoms with van der Waals surface area (Å²) in [5.74, 6) is 0.744. The third kappa shape index (κ3) is 5.04. The maximum absolute atomic E-state index is 13.7. The van der Waals surface area contributed by atoms with Gasteiger partial charge in [-0.05, 0) is 117 Å². The van der Waals surface area contributed by atoms with Crippen LogP contribution in [-0.4, -0.2) is 46.4 Å². The summed E-state index contributed by atoms with van der Waals surface area (Å²) >= 11 is 0. The maximum atomic E-state index is 13.7. The topological polar surface area (TPSA) is 112 Å². The van der Waals surface area contributed by atoms with Crippen LogP contribution in [0.5, 0.6) is 0 Å². The zero-order valence-corrected chi connectivity index (χ0v) is 29.8. The SMILES string of the molecule is COC(=O)[C@]1(C)CC[C@]2(C)CC[C@]3(C)C4=CC=C5C(=CC(=O)C(OCC(=O)NCc6cn(CC7CC7)nn6)=C5C)[C@]4(C)CC[C@@]3(C)[C@@H]2C1. The summed E-state index contributed by atoms with van der Waals surface area (Å²) < 4.78 is 13.1. The Balaban J connectivity index is 1.10. The number of carbonyl (C=O) groups is 3. The monoisotopic (exact) mass is 656 g/mol. The van der Waals surface area contributed by atoms with Crippen LogP contribution < -0.4 is 5.32 Å². The molecule has 0 radical (unpaired) electrons. The fraction of sp³-hybridized carbons (Fsp3) is 0.667. The second-order valence-corrected chi connectivity index (χ2v) is 17.0. The number of fused-ring (bicyclic) bond motifs is 7. The van der Waals surface area contributed by atoms with E-state index in [-0.39, 0.29) is 58.2 Å². The van der Waals surface area contributed by atoms with Crippen molar-refractivity contribution in [3.63, 3.8) is 0 Å². The molecule has 7 rings (SSSR count).